The first-order chi connectivity index (χ1) is 7.79. The highest BCUT2D eigenvalue weighted by atomic mass is 35.5. The van der Waals surface area contributed by atoms with Gasteiger partial charge in [-0.05, 0) is 12.2 Å². The molecule has 8 heteroatoms. The average Bonchev–Trinajstić information content (AvgIpc) is 2.18. The predicted octanol–water partition coefficient (Wildman–Crippen LogP) is 2.60. The fourth-order valence-electron chi connectivity index (χ4n) is 1.29. The van der Waals surface area contributed by atoms with Gasteiger partial charge in [0.15, 0.2) is 0 Å². The molecule has 1 heterocycles. The summed E-state index contributed by atoms with van der Waals surface area (Å²) in [4.78, 5) is 17.6. The van der Waals surface area contributed by atoms with Crippen molar-refractivity contribution in [2.24, 2.45) is 9.98 Å². The normalized spacial score (nSPS) is 24.5. The predicted molar refractivity (Wildman–Crippen MR) is 57.6 cm³/mol. The van der Waals surface area contributed by atoms with E-state index < -0.39 is 23.2 Å². The largest absolute Gasteiger partial charge is 0.438 e. The molecule has 0 spiro atoms. The van der Waals surface area contributed by atoms with Gasteiger partial charge in [-0.25, -0.2) is 9.98 Å². The number of carbonyl (C=O) groups excluding carboxylic acids is 1. The summed E-state index contributed by atoms with van der Waals surface area (Å²) in [6, 6.07) is 0. The lowest BCUT2D eigenvalue weighted by Gasteiger charge is -2.18. The van der Waals surface area contributed by atoms with Crippen molar-refractivity contribution in [3.63, 3.8) is 0 Å². The molecule has 1 atom stereocenters. The van der Waals surface area contributed by atoms with E-state index in [9.17, 15) is 18.0 Å². The van der Waals surface area contributed by atoms with Gasteiger partial charge in [0.25, 0.3) is 0 Å². The van der Waals surface area contributed by atoms with Gasteiger partial charge in [-0.2, -0.15) is 13.2 Å². The standard InChI is InChI=1S/C9H3Cl2F3N2O/c10-3-1-5-6(2-4(3)11)16-8(17)7(15-5)9(12,13)14/h1-3H. The first kappa shape index (κ1) is 12.3. The summed E-state index contributed by atoms with van der Waals surface area (Å²) in [5, 5.41) is -0.593. The molecule has 90 valence electrons. The van der Waals surface area contributed by atoms with Crippen molar-refractivity contribution in [2.75, 3.05) is 0 Å². The number of alkyl halides is 4. The highest BCUT2D eigenvalue weighted by molar-refractivity contribution is 6.47. The average molecular weight is 283 g/mol. The molecule has 2 rings (SSSR count). The number of amides is 1. The Morgan fingerprint density at radius 2 is 1.94 bits per heavy atom. The van der Waals surface area contributed by atoms with Crippen molar-refractivity contribution in [2.45, 2.75) is 11.6 Å². The fraction of sp³-hybridized carbons (Fsp3) is 0.222. The van der Waals surface area contributed by atoms with Crippen molar-refractivity contribution >= 4 is 40.5 Å². The molecule has 17 heavy (non-hydrogen) atoms. The first-order valence-corrected chi connectivity index (χ1v) is 5.13. The van der Waals surface area contributed by atoms with Gasteiger partial charge in [0, 0.05) is 5.03 Å². The van der Waals surface area contributed by atoms with E-state index in [0.29, 0.717) is 0 Å². The maximum atomic E-state index is 12.4. The molecule has 0 saturated heterocycles. The lowest BCUT2D eigenvalue weighted by atomic mass is 10.1. The van der Waals surface area contributed by atoms with E-state index in [-0.39, 0.29) is 16.4 Å². The van der Waals surface area contributed by atoms with Crippen LogP contribution < -0.4 is 0 Å². The van der Waals surface area contributed by atoms with Crippen LogP contribution in [0.2, 0.25) is 0 Å². The van der Waals surface area contributed by atoms with E-state index in [1.54, 1.807) is 0 Å². The minimum Gasteiger partial charge on any atom is -0.265 e. The number of halogens is 5. The van der Waals surface area contributed by atoms with E-state index in [2.05, 4.69) is 9.98 Å². The lowest BCUT2D eigenvalue weighted by Crippen LogP contribution is -2.34. The molecule has 0 saturated carbocycles. The van der Waals surface area contributed by atoms with Gasteiger partial charge >= 0.3 is 12.1 Å². The van der Waals surface area contributed by atoms with Crippen LogP contribution >= 0.6 is 23.2 Å². The second-order valence-electron chi connectivity index (χ2n) is 3.24. The topological polar surface area (TPSA) is 41.8 Å². The summed E-state index contributed by atoms with van der Waals surface area (Å²) in [6.07, 6.45) is -2.40. The molecular formula is C9H3Cl2F3N2O. The Hall–Kier alpha value is -1.14. The van der Waals surface area contributed by atoms with Crippen LogP contribution in [0.1, 0.15) is 0 Å². The maximum Gasteiger partial charge on any atom is 0.438 e. The maximum absolute atomic E-state index is 12.4. The summed E-state index contributed by atoms with van der Waals surface area (Å²) in [5.74, 6) is -1.43. The quantitative estimate of drug-likeness (QED) is 0.630. The third kappa shape index (κ3) is 2.28. The van der Waals surface area contributed by atoms with E-state index in [0.717, 1.165) is 0 Å². The SMILES string of the molecule is O=C1N=C2C=C(Cl)C(Cl)C=C2N=C1C(F)(F)F. The highest BCUT2D eigenvalue weighted by Crippen LogP contribution is 2.29. The van der Waals surface area contributed by atoms with E-state index in [1.165, 1.54) is 12.2 Å². The second-order valence-corrected chi connectivity index (χ2v) is 4.15. The molecule has 1 amide bonds. The van der Waals surface area contributed by atoms with Gasteiger partial charge in [0.05, 0.1) is 16.8 Å². The second kappa shape index (κ2) is 3.96. The molecule has 2 aliphatic rings. The van der Waals surface area contributed by atoms with Gasteiger partial charge < -0.3 is 0 Å². The number of fused-ring (bicyclic) bond motifs is 1. The Labute approximate surface area is 103 Å². The Bertz CT molecular complexity index is 517. The molecule has 1 aliphatic heterocycles. The Morgan fingerprint density at radius 1 is 1.29 bits per heavy atom. The third-order valence-electron chi connectivity index (χ3n) is 2.03. The van der Waals surface area contributed by atoms with Crippen molar-refractivity contribution in [1.29, 1.82) is 0 Å². The van der Waals surface area contributed by atoms with Crippen LogP contribution in [0.5, 0.6) is 0 Å². The third-order valence-corrected chi connectivity index (χ3v) is 2.85. The molecule has 0 aromatic carbocycles. The van der Waals surface area contributed by atoms with Gasteiger partial charge in [-0.1, -0.05) is 11.6 Å². The van der Waals surface area contributed by atoms with E-state index >= 15 is 0 Å². The van der Waals surface area contributed by atoms with Crippen LogP contribution in [0, 0.1) is 0 Å². The van der Waals surface area contributed by atoms with Crippen LogP contribution in [-0.2, 0) is 4.79 Å². The highest BCUT2D eigenvalue weighted by Gasteiger charge is 2.43. The molecule has 3 nitrogen and oxygen atoms in total. The van der Waals surface area contributed by atoms with Crippen LogP contribution in [0.3, 0.4) is 0 Å². The van der Waals surface area contributed by atoms with Gasteiger partial charge in [-0.3, -0.25) is 4.79 Å². The first-order valence-electron chi connectivity index (χ1n) is 4.31. The zero-order valence-electron chi connectivity index (χ0n) is 7.92. The molecule has 0 radical (unpaired) electrons. The van der Waals surface area contributed by atoms with Crippen LogP contribution in [0.15, 0.2) is 32.9 Å². The molecule has 1 unspecified atom stereocenters. The molecular weight excluding hydrogens is 280 g/mol. The summed E-state index contributed by atoms with van der Waals surface area (Å²) in [6.45, 7) is 0. The number of allylic oxidation sites excluding steroid dienone is 3. The Morgan fingerprint density at radius 3 is 2.53 bits per heavy atom. The van der Waals surface area contributed by atoms with E-state index in [4.69, 9.17) is 23.2 Å². The van der Waals surface area contributed by atoms with Crippen LogP contribution in [0.25, 0.3) is 0 Å². The molecule has 0 N–H and O–H groups in total. The number of aliphatic imine (C=N–C) groups is 2. The Kier molecular flexibility index (Phi) is 2.87. The summed E-state index contributed by atoms with van der Waals surface area (Å²) in [5.41, 5.74) is -1.66. The molecule has 0 aromatic heterocycles. The lowest BCUT2D eigenvalue weighted by molar-refractivity contribution is -0.116. The van der Waals surface area contributed by atoms with Crippen molar-refractivity contribution in [1.82, 2.24) is 0 Å². The number of hydrogen-bond donors (Lipinski definition) is 0. The molecule has 0 aromatic rings. The van der Waals surface area contributed by atoms with Crippen molar-refractivity contribution < 1.29 is 18.0 Å². The van der Waals surface area contributed by atoms with Gasteiger partial charge in [0.1, 0.15) is 0 Å². The minimum atomic E-state index is -4.83. The number of rotatable bonds is 0. The number of carbonyl (C=O) groups is 1. The molecule has 0 bridgehead atoms. The number of hydrogen-bond acceptors (Lipinski definition) is 2. The summed E-state index contributed by atoms with van der Waals surface area (Å²) >= 11 is 11.4. The number of nitrogens with zero attached hydrogens (tertiary/aromatic N) is 2. The fourth-order valence-corrected chi connectivity index (χ4v) is 1.64. The molecule has 0 fully saturated rings. The zero-order chi connectivity index (χ0) is 12.8. The van der Waals surface area contributed by atoms with Crippen molar-refractivity contribution in [3.8, 4) is 0 Å². The molecule has 1 aliphatic carbocycles. The monoisotopic (exact) mass is 282 g/mol. The van der Waals surface area contributed by atoms with Gasteiger partial charge in [0.2, 0.25) is 5.71 Å². The van der Waals surface area contributed by atoms with Crippen molar-refractivity contribution in [3.05, 3.63) is 22.9 Å². The summed E-state index contributed by atoms with van der Waals surface area (Å²) < 4.78 is 37.2. The smallest absolute Gasteiger partial charge is 0.265 e. The Balaban J connectivity index is 2.47. The van der Waals surface area contributed by atoms with Crippen LogP contribution in [0.4, 0.5) is 13.2 Å². The van der Waals surface area contributed by atoms with Gasteiger partial charge in [-0.15, -0.1) is 11.6 Å². The zero-order valence-corrected chi connectivity index (χ0v) is 9.44. The van der Waals surface area contributed by atoms with E-state index in [1.807, 2.05) is 0 Å². The minimum absolute atomic E-state index is 0.00935. The van der Waals surface area contributed by atoms with Crippen LogP contribution in [-0.4, -0.2) is 28.9 Å². The summed E-state index contributed by atoms with van der Waals surface area (Å²) in [7, 11) is 0.